The van der Waals surface area contributed by atoms with Gasteiger partial charge in [0.2, 0.25) is 0 Å². The number of fused-ring (bicyclic) bond motifs is 1. The third-order valence-corrected chi connectivity index (χ3v) is 4.02. The number of rotatable bonds is 3. The number of aryl methyl sites for hydroxylation is 1. The zero-order valence-electron chi connectivity index (χ0n) is 12.1. The van der Waals surface area contributed by atoms with Crippen LogP contribution >= 0.6 is 0 Å². The number of hydrogen-bond acceptors (Lipinski definition) is 2. The van der Waals surface area contributed by atoms with Gasteiger partial charge in [0.15, 0.2) is 0 Å². The Morgan fingerprint density at radius 2 is 1.95 bits per heavy atom. The van der Waals surface area contributed by atoms with Crippen molar-refractivity contribution in [3.63, 3.8) is 0 Å². The summed E-state index contributed by atoms with van der Waals surface area (Å²) in [7, 11) is 2.02. The van der Waals surface area contributed by atoms with Gasteiger partial charge in [0.05, 0.1) is 19.3 Å². The van der Waals surface area contributed by atoms with E-state index in [1.165, 1.54) is 27.8 Å². The van der Waals surface area contributed by atoms with Crippen LogP contribution in [0.1, 0.15) is 33.9 Å². The molecule has 0 saturated carbocycles. The van der Waals surface area contributed by atoms with Gasteiger partial charge in [-0.25, -0.2) is 0 Å². The molecule has 2 heteroatoms. The first kappa shape index (κ1) is 13.3. The van der Waals surface area contributed by atoms with Gasteiger partial charge in [-0.1, -0.05) is 48.0 Å². The Hall–Kier alpha value is -1.64. The largest absolute Gasteiger partial charge is 0.376 e. The highest BCUT2D eigenvalue weighted by atomic mass is 16.5. The van der Waals surface area contributed by atoms with Crippen molar-refractivity contribution in [1.82, 2.24) is 5.32 Å². The fourth-order valence-corrected chi connectivity index (χ4v) is 3.08. The maximum absolute atomic E-state index is 5.68. The average Bonchev–Trinajstić information content (AvgIpc) is 2.49. The molecule has 104 valence electrons. The first-order chi connectivity index (χ1) is 9.79. The minimum absolute atomic E-state index is 0.228. The van der Waals surface area contributed by atoms with Crippen molar-refractivity contribution in [3.8, 4) is 0 Å². The van der Waals surface area contributed by atoms with Crippen LogP contribution in [0.25, 0.3) is 0 Å². The van der Waals surface area contributed by atoms with E-state index in [-0.39, 0.29) is 6.04 Å². The summed E-state index contributed by atoms with van der Waals surface area (Å²) in [6.45, 7) is 3.75. The van der Waals surface area contributed by atoms with E-state index in [1.807, 2.05) is 7.05 Å². The minimum atomic E-state index is 0.228. The second-order valence-corrected chi connectivity index (χ2v) is 5.43. The molecule has 0 spiro atoms. The highest BCUT2D eigenvalue weighted by molar-refractivity contribution is 5.45. The second-order valence-electron chi connectivity index (χ2n) is 5.43. The predicted octanol–water partition coefficient (Wildman–Crippen LogP) is 3.38. The number of ether oxygens (including phenoxy) is 1. The molecule has 2 nitrogen and oxygen atoms in total. The quantitative estimate of drug-likeness (QED) is 0.920. The molecule has 1 N–H and O–H groups in total. The van der Waals surface area contributed by atoms with Crippen molar-refractivity contribution >= 4 is 0 Å². The lowest BCUT2D eigenvalue weighted by Gasteiger charge is -2.26. The molecular formula is C18H21NO. The number of nitrogens with one attached hydrogen (secondary N) is 1. The predicted molar refractivity (Wildman–Crippen MR) is 81.9 cm³/mol. The van der Waals surface area contributed by atoms with Crippen LogP contribution < -0.4 is 5.32 Å². The summed E-state index contributed by atoms with van der Waals surface area (Å²) in [4.78, 5) is 0. The normalized spacial score (nSPS) is 15.7. The lowest BCUT2D eigenvalue weighted by Crippen LogP contribution is -2.22. The van der Waals surface area contributed by atoms with Crippen LogP contribution in [-0.4, -0.2) is 13.7 Å². The van der Waals surface area contributed by atoms with Crippen molar-refractivity contribution in [2.24, 2.45) is 0 Å². The van der Waals surface area contributed by atoms with Crippen molar-refractivity contribution < 1.29 is 4.74 Å². The Labute approximate surface area is 120 Å². The average molecular weight is 267 g/mol. The molecule has 0 radical (unpaired) electrons. The summed E-state index contributed by atoms with van der Waals surface area (Å²) in [6.07, 6.45) is 1.02. The summed E-state index contributed by atoms with van der Waals surface area (Å²) >= 11 is 0. The maximum Gasteiger partial charge on any atom is 0.0723 e. The van der Waals surface area contributed by atoms with Crippen LogP contribution in [-0.2, 0) is 17.8 Å². The molecule has 1 aliphatic heterocycles. The zero-order valence-corrected chi connectivity index (χ0v) is 12.1. The molecule has 1 atom stereocenters. The topological polar surface area (TPSA) is 21.3 Å². The smallest absolute Gasteiger partial charge is 0.0723 e. The molecule has 20 heavy (non-hydrogen) atoms. The highest BCUT2D eigenvalue weighted by Crippen LogP contribution is 2.30. The summed E-state index contributed by atoms with van der Waals surface area (Å²) in [5, 5.41) is 3.46. The lowest BCUT2D eigenvalue weighted by molar-refractivity contribution is 0.109. The van der Waals surface area contributed by atoms with E-state index in [9.17, 15) is 0 Å². The van der Waals surface area contributed by atoms with Gasteiger partial charge in [-0.05, 0) is 42.6 Å². The molecule has 0 fully saturated rings. The zero-order chi connectivity index (χ0) is 13.9. The summed E-state index contributed by atoms with van der Waals surface area (Å²) in [5.41, 5.74) is 6.80. The van der Waals surface area contributed by atoms with E-state index in [1.54, 1.807) is 0 Å². The van der Waals surface area contributed by atoms with E-state index in [2.05, 4.69) is 54.7 Å². The molecule has 0 saturated heterocycles. The van der Waals surface area contributed by atoms with E-state index in [0.717, 1.165) is 19.6 Å². The van der Waals surface area contributed by atoms with E-state index < -0.39 is 0 Å². The minimum Gasteiger partial charge on any atom is -0.376 e. The Kier molecular flexibility index (Phi) is 3.86. The molecule has 0 aliphatic carbocycles. The van der Waals surface area contributed by atoms with Gasteiger partial charge in [-0.2, -0.15) is 0 Å². The molecule has 2 aromatic rings. The van der Waals surface area contributed by atoms with Crippen LogP contribution in [0.2, 0.25) is 0 Å². The maximum atomic E-state index is 5.68. The van der Waals surface area contributed by atoms with Crippen LogP contribution in [0.15, 0.2) is 42.5 Å². The van der Waals surface area contributed by atoms with Gasteiger partial charge < -0.3 is 10.1 Å². The lowest BCUT2D eigenvalue weighted by atomic mass is 9.88. The first-order valence-corrected chi connectivity index (χ1v) is 7.22. The highest BCUT2D eigenvalue weighted by Gasteiger charge is 2.20. The first-order valence-electron chi connectivity index (χ1n) is 7.22. The standard InChI is InChI=1S/C18H21NO/c1-13-10-15-8-9-20-12-17(15)16(11-13)18(19-2)14-6-4-3-5-7-14/h3-7,10-11,18-19H,8-9,12H2,1-2H3. The van der Waals surface area contributed by atoms with Crippen LogP contribution in [0, 0.1) is 6.92 Å². The van der Waals surface area contributed by atoms with Crippen LogP contribution in [0.4, 0.5) is 0 Å². The van der Waals surface area contributed by atoms with Gasteiger partial charge in [-0.3, -0.25) is 0 Å². The molecular weight excluding hydrogens is 246 g/mol. The second kappa shape index (κ2) is 5.78. The third-order valence-electron chi connectivity index (χ3n) is 4.02. The third kappa shape index (κ3) is 2.49. The van der Waals surface area contributed by atoms with Crippen molar-refractivity contribution in [1.29, 1.82) is 0 Å². The Bertz CT molecular complexity index is 592. The van der Waals surface area contributed by atoms with Crippen LogP contribution in [0.5, 0.6) is 0 Å². The molecule has 0 bridgehead atoms. The number of hydrogen-bond donors (Lipinski definition) is 1. The SMILES string of the molecule is CNC(c1ccccc1)c1cc(C)cc2c1COCC2. The monoisotopic (exact) mass is 267 g/mol. The van der Waals surface area contributed by atoms with E-state index in [0.29, 0.717) is 0 Å². The Balaban J connectivity index is 2.10. The van der Waals surface area contributed by atoms with Gasteiger partial charge in [0.25, 0.3) is 0 Å². The van der Waals surface area contributed by atoms with Gasteiger partial charge in [0, 0.05) is 0 Å². The molecule has 2 aromatic carbocycles. The van der Waals surface area contributed by atoms with Gasteiger partial charge >= 0.3 is 0 Å². The fourth-order valence-electron chi connectivity index (χ4n) is 3.08. The van der Waals surface area contributed by atoms with Gasteiger partial charge in [-0.15, -0.1) is 0 Å². The van der Waals surface area contributed by atoms with Gasteiger partial charge in [0.1, 0.15) is 0 Å². The molecule has 1 aliphatic rings. The summed E-state index contributed by atoms with van der Waals surface area (Å²) < 4.78 is 5.68. The van der Waals surface area contributed by atoms with Crippen LogP contribution in [0.3, 0.4) is 0 Å². The summed E-state index contributed by atoms with van der Waals surface area (Å²) in [5.74, 6) is 0. The molecule has 0 aromatic heterocycles. The molecule has 1 heterocycles. The van der Waals surface area contributed by atoms with Crippen molar-refractivity contribution in [3.05, 3.63) is 70.3 Å². The number of benzene rings is 2. The Morgan fingerprint density at radius 1 is 1.15 bits per heavy atom. The van der Waals surface area contributed by atoms with Crippen molar-refractivity contribution in [2.45, 2.75) is 26.0 Å². The summed E-state index contributed by atoms with van der Waals surface area (Å²) in [6, 6.07) is 15.4. The fraction of sp³-hybridized carbons (Fsp3) is 0.333. The molecule has 1 unspecified atom stereocenters. The van der Waals surface area contributed by atoms with E-state index >= 15 is 0 Å². The van der Waals surface area contributed by atoms with Crippen molar-refractivity contribution in [2.75, 3.05) is 13.7 Å². The van der Waals surface area contributed by atoms with E-state index in [4.69, 9.17) is 4.74 Å². The Morgan fingerprint density at radius 3 is 2.70 bits per heavy atom. The molecule has 0 amide bonds. The molecule has 3 rings (SSSR count).